The molecule has 0 radical (unpaired) electrons. The summed E-state index contributed by atoms with van der Waals surface area (Å²) in [5.41, 5.74) is 0. The molecule has 4 heteroatoms. The number of piperidine rings is 1. The summed E-state index contributed by atoms with van der Waals surface area (Å²) in [5, 5.41) is 4.59. The van der Waals surface area contributed by atoms with Crippen LogP contribution in [0.3, 0.4) is 0 Å². The molecule has 3 rings (SSSR count). The highest BCUT2D eigenvalue weighted by Gasteiger charge is 2.42. The quantitative estimate of drug-likeness (QED) is 0.850. The molecule has 1 saturated carbocycles. The van der Waals surface area contributed by atoms with Crippen molar-refractivity contribution in [1.29, 1.82) is 0 Å². The number of hydrogen-bond donors (Lipinski definition) is 1. The van der Waals surface area contributed by atoms with E-state index in [1.54, 1.807) is 0 Å². The Hall–Kier alpha value is -0.220. The highest BCUT2D eigenvalue weighted by molar-refractivity contribution is 7.99. The van der Waals surface area contributed by atoms with Crippen LogP contribution in [0.25, 0.3) is 0 Å². The van der Waals surface area contributed by atoms with Crippen molar-refractivity contribution in [2.24, 2.45) is 0 Å². The van der Waals surface area contributed by atoms with Crippen LogP contribution in [0.5, 0.6) is 0 Å². The summed E-state index contributed by atoms with van der Waals surface area (Å²) in [6, 6.07) is 1.56. The van der Waals surface area contributed by atoms with Crippen LogP contribution in [0.4, 0.5) is 0 Å². The van der Waals surface area contributed by atoms with E-state index in [9.17, 15) is 4.79 Å². The van der Waals surface area contributed by atoms with Crippen LogP contribution < -0.4 is 5.32 Å². The van der Waals surface area contributed by atoms with Gasteiger partial charge in [-0.15, -0.1) is 0 Å². The molecular weight excluding hydrogens is 244 g/mol. The van der Waals surface area contributed by atoms with Crippen molar-refractivity contribution < 1.29 is 4.79 Å². The second kappa shape index (κ2) is 5.41. The average molecular weight is 268 g/mol. The zero-order valence-corrected chi connectivity index (χ0v) is 12.0. The van der Waals surface area contributed by atoms with Crippen molar-refractivity contribution in [1.82, 2.24) is 10.2 Å². The van der Waals surface area contributed by atoms with E-state index in [4.69, 9.17) is 0 Å². The van der Waals surface area contributed by atoms with E-state index in [-0.39, 0.29) is 0 Å². The molecule has 2 saturated heterocycles. The highest BCUT2D eigenvalue weighted by atomic mass is 32.2. The van der Waals surface area contributed by atoms with E-state index < -0.39 is 0 Å². The number of amides is 1. The molecule has 0 aromatic heterocycles. The van der Waals surface area contributed by atoms with Crippen LogP contribution >= 0.6 is 11.8 Å². The van der Waals surface area contributed by atoms with E-state index in [0.29, 0.717) is 24.0 Å². The third-order valence-electron chi connectivity index (χ3n) is 4.91. The van der Waals surface area contributed by atoms with Crippen molar-refractivity contribution >= 4 is 17.7 Å². The number of carbonyl (C=O) groups excluding carboxylic acids is 1. The molecule has 1 amide bonds. The maximum atomic E-state index is 12.0. The van der Waals surface area contributed by atoms with Crippen molar-refractivity contribution in [3.05, 3.63) is 0 Å². The average Bonchev–Trinajstić information content (AvgIpc) is 2.96. The summed E-state index contributed by atoms with van der Waals surface area (Å²) in [7, 11) is 0. The third-order valence-corrected chi connectivity index (χ3v) is 6.08. The van der Waals surface area contributed by atoms with Gasteiger partial charge in [-0.25, -0.2) is 0 Å². The summed E-state index contributed by atoms with van der Waals surface area (Å²) in [4.78, 5) is 14.2. The Bertz CT molecular complexity index is 323. The van der Waals surface area contributed by atoms with Gasteiger partial charge in [0.1, 0.15) is 0 Å². The van der Waals surface area contributed by atoms with Crippen LogP contribution in [0.1, 0.15) is 44.9 Å². The fourth-order valence-corrected chi connectivity index (χ4v) is 4.92. The summed E-state index contributed by atoms with van der Waals surface area (Å²) in [6.45, 7) is 0.998. The first kappa shape index (κ1) is 12.8. The summed E-state index contributed by atoms with van der Waals surface area (Å²) < 4.78 is 0. The van der Waals surface area contributed by atoms with Gasteiger partial charge in [0.25, 0.3) is 0 Å². The van der Waals surface area contributed by atoms with E-state index in [0.717, 1.165) is 18.2 Å². The van der Waals surface area contributed by atoms with Crippen LogP contribution in [-0.4, -0.2) is 47.0 Å². The molecule has 3 fully saturated rings. The molecular formula is C14H24N2OS. The molecule has 1 N–H and O–H groups in total. The Morgan fingerprint density at radius 1 is 1.17 bits per heavy atom. The van der Waals surface area contributed by atoms with Crippen LogP contribution in [0.15, 0.2) is 0 Å². The van der Waals surface area contributed by atoms with Gasteiger partial charge in [-0.3, -0.25) is 4.79 Å². The maximum Gasteiger partial charge on any atom is 0.224 e. The first-order valence-electron chi connectivity index (χ1n) is 7.38. The minimum Gasteiger partial charge on any atom is -0.338 e. The van der Waals surface area contributed by atoms with Crippen LogP contribution in [0.2, 0.25) is 0 Å². The zero-order chi connectivity index (χ0) is 12.5. The normalized spacial score (nSPS) is 40.3. The third kappa shape index (κ3) is 2.29. The standard InChI is InChI=1S/C14H24N2OS/c1-18-13-7-4-5-10(13)15-11-9-14(17)16-8-3-2-6-12(11)16/h10-13,15H,2-9H2,1H3. The molecule has 102 valence electrons. The molecule has 1 aliphatic carbocycles. The van der Waals surface area contributed by atoms with Gasteiger partial charge in [-0.1, -0.05) is 6.42 Å². The number of thioether (sulfide) groups is 1. The largest absolute Gasteiger partial charge is 0.338 e. The summed E-state index contributed by atoms with van der Waals surface area (Å²) in [5.74, 6) is 0.385. The SMILES string of the molecule is CSC1CCCC1NC1CC(=O)N2CCCCC12. The molecule has 18 heavy (non-hydrogen) atoms. The Morgan fingerprint density at radius 2 is 2.06 bits per heavy atom. The van der Waals surface area contributed by atoms with Crippen molar-refractivity contribution in [3.8, 4) is 0 Å². The van der Waals surface area contributed by atoms with Crippen molar-refractivity contribution in [2.45, 2.75) is 68.3 Å². The van der Waals surface area contributed by atoms with Gasteiger partial charge in [-0.2, -0.15) is 11.8 Å². The lowest BCUT2D eigenvalue weighted by Crippen LogP contribution is -2.49. The molecule has 4 atom stereocenters. The monoisotopic (exact) mass is 268 g/mol. The van der Waals surface area contributed by atoms with Gasteiger partial charge in [0.05, 0.1) is 0 Å². The summed E-state index contributed by atoms with van der Waals surface area (Å²) in [6.07, 6.45) is 10.6. The fraction of sp³-hybridized carbons (Fsp3) is 0.929. The molecule has 3 nitrogen and oxygen atoms in total. The lowest BCUT2D eigenvalue weighted by molar-refractivity contribution is -0.129. The fourth-order valence-electron chi connectivity index (χ4n) is 3.97. The Labute approximate surface area is 114 Å². The lowest BCUT2D eigenvalue weighted by Gasteiger charge is -2.34. The smallest absolute Gasteiger partial charge is 0.224 e. The van der Waals surface area contributed by atoms with Crippen LogP contribution in [-0.2, 0) is 4.79 Å². The van der Waals surface area contributed by atoms with Gasteiger partial charge >= 0.3 is 0 Å². The molecule has 0 spiro atoms. The number of carbonyl (C=O) groups is 1. The lowest BCUT2D eigenvalue weighted by atomic mass is 9.98. The molecule has 4 unspecified atom stereocenters. The zero-order valence-electron chi connectivity index (χ0n) is 11.2. The highest BCUT2D eigenvalue weighted by Crippen LogP contribution is 2.32. The molecule has 0 aromatic rings. The molecule has 2 aliphatic heterocycles. The van der Waals surface area contributed by atoms with Gasteiger partial charge in [0.15, 0.2) is 0 Å². The predicted octanol–water partition coefficient (Wildman–Crippen LogP) is 2.01. The number of fused-ring (bicyclic) bond motifs is 1. The van der Waals surface area contributed by atoms with E-state index in [2.05, 4.69) is 16.5 Å². The number of nitrogens with one attached hydrogen (secondary N) is 1. The van der Waals surface area contributed by atoms with Gasteiger partial charge in [-0.05, 0) is 38.4 Å². The minimum atomic E-state index is 0.385. The second-order valence-corrected chi connectivity index (χ2v) is 7.02. The van der Waals surface area contributed by atoms with Crippen molar-refractivity contribution in [3.63, 3.8) is 0 Å². The van der Waals surface area contributed by atoms with E-state index >= 15 is 0 Å². The van der Waals surface area contributed by atoms with E-state index in [1.807, 2.05) is 11.8 Å². The van der Waals surface area contributed by atoms with Gasteiger partial charge in [0.2, 0.25) is 5.91 Å². The predicted molar refractivity (Wildman–Crippen MR) is 75.8 cm³/mol. The second-order valence-electron chi connectivity index (χ2n) is 5.94. The van der Waals surface area contributed by atoms with Crippen molar-refractivity contribution in [2.75, 3.05) is 12.8 Å². The molecule has 3 aliphatic rings. The Kier molecular flexibility index (Phi) is 3.85. The number of hydrogen-bond acceptors (Lipinski definition) is 3. The topological polar surface area (TPSA) is 32.3 Å². The molecule has 0 bridgehead atoms. The van der Waals surface area contributed by atoms with Gasteiger partial charge < -0.3 is 10.2 Å². The van der Waals surface area contributed by atoms with E-state index in [1.165, 1.54) is 38.5 Å². The maximum absolute atomic E-state index is 12.0. The first-order chi connectivity index (χ1) is 8.79. The molecule has 0 aromatic carbocycles. The summed E-state index contributed by atoms with van der Waals surface area (Å²) >= 11 is 1.99. The Balaban J connectivity index is 1.64. The molecule has 2 heterocycles. The van der Waals surface area contributed by atoms with Crippen LogP contribution in [0, 0.1) is 0 Å². The number of rotatable bonds is 3. The number of nitrogens with zero attached hydrogens (tertiary/aromatic N) is 1. The minimum absolute atomic E-state index is 0.385. The Morgan fingerprint density at radius 3 is 2.89 bits per heavy atom. The van der Waals surface area contributed by atoms with Gasteiger partial charge in [0, 0.05) is 36.3 Å². The first-order valence-corrected chi connectivity index (χ1v) is 8.66.